The van der Waals surface area contributed by atoms with Gasteiger partial charge in [-0.05, 0) is 67.3 Å². The summed E-state index contributed by atoms with van der Waals surface area (Å²) in [4.78, 5) is 14.5. The molecule has 0 radical (unpaired) electrons. The van der Waals surface area contributed by atoms with Gasteiger partial charge < -0.3 is 10.2 Å². The van der Waals surface area contributed by atoms with E-state index in [1.54, 1.807) is 31.2 Å². The van der Waals surface area contributed by atoms with Gasteiger partial charge in [0, 0.05) is 30.8 Å². The molecule has 7 heteroatoms. The second-order valence-corrected chi connectivity index (χ2v) is 7.35. The van der Waals surface area contributed by atoms with Crippen molar-refractivity contribution in [3.63, 3.8) is 0 Å². The average molecular weight is 396 g/mol. The number of hydrogen-bond donors (Lipinski definition) is 2. The largest absolute Gasteiger partial charge is 0.355 e. The van der Waals surface area contributed by atoms with Gasteiger partial charge in [-0.15, -0.1) is 0 Å². The zero-order valence-corrected chi connectivity index (χ0v) is 16.1. The molecule has 0 bridgehead atoms. The van der Waals surface area contributed by atoms with E-state index >= 15 is 0 Å². The van der Waals surface area contributed by atoms with Crippen molar-refractivity contribution in [1.29, 1.82) is 0 Å². The van der Waals surface area contributed by atoms with Crippen molar-refractivity contribution in [3.8, 4) is 11.3 Å². The molecule has 4 rings (SSSR count). The van der Waals surface area contributed by atoms with Crippen LogP contribution in [0.25, 0.3) is 11.3 Å². The molecule has 2 heterocycles. The molecule has 5 nitrogen and oxygen atoms in total. The monoisotopic (exact) mass is 396 g/mol. The molecule has 1 aliphatic rings. The van der Waals surface area contributed by atoms with Gasteiger partial charge >= 0.3 is 0 Å². The van der Waals surface area contributed by atoms with E-state index in [4.69, 9.17) is 0 Å². The predicted octanol–water partition coefficient (Wildman–Crippen LogP) is 4.06. The summed E-state index contributed by atoms with van der Waals surface area (Å²) in [6, 6.07) is 12.8. The lowest BCUT2D eigenvalue weighted by molar-refractivity contribution is 0.0930. The van der Waals surface area contributed by atoms with Crippen LogP contribution in [-0.4, -0.2) is 35.2 Å². The normalized spacial score (nSPS) is 14.8. The fourth-order valence-corrected chi connectivity index (χ4v) is 3.51. The molecular weight excluding hydrogens is 374 g/mol. The molecular formula is C22H22F2N4O. The molecule has 3 aromatic rings. The highest BCUT2D eigenvalue weighted by Gasteiger charge is 2.23. The Kier molecular flexibility index (Phi) is 5.29. The molecule has 150 valence electrons. The minimum atomic E-state index is -0.372. The maximum Gasteiger partial charge on any atom is 0.251 e. The van der Waals surface area contributed by atoms with Crippen LogP contribution in [0.1, 0.15) is 28.8 Å². The first-order valence-electron chi connectivity index (χ1n) is 9.63. The molecule has 0 aliphatic carbocycles. The summed E-state index contributed by atoms with van der Waals surface area (Å²) >= 11 is 0. The Bertz CT molecular complexity index is 1010. The smallest absolute Gasteiger partial charge is 0.251 e. The SMILES string of the molecule is Cc1ccc(C(=O)NC2CCN(c3cc(-c4ccc(F)cc4)[nH]n3)CC2)cc1F. The van der Waals surface area contributed by atoms with E-state index in [2.05, 4.69) is 20.4 Å². The van der Waals surface area contributed by atoms with Crippen LogP contribution >= 0.6 is 0 Å². The number of H-pyrrole nitrogens is 1. The van der Waals surface area contributed by atoms with Crippen molar-refractivity contribution in [2.75, 3.05) is 18.0 Å². The molecule has 1 aromatic heterocycles. The number of piperidine rings is 1. The number of amides is 1. The Hall–Kier alpha value is -3.22. The summed E-state index contributed by atoms with van der Waals surface area (Å²) in [6.07, 6.45) is 1.55. The minimum absolute atomic E-state index is 0.0404. The fourth-order valence-electron chi connectivity index (χ4n) is 3.51. The fraction of sp³-hybridized carbons (Fsp3) is 0.273. The second-order valence-electron chi connectivity index (χ2n) is 7.35. The number of rotatable bonds is 4. The first-order chi connectivity index (χ1) is 14.0. The van der Waals surface area contributed by atoms with E-state index < -0.39 is 0 Å². The van der Waals surface area contributed by atoms with Crippen LogP contribution in [0.5, 0.6) is 0 Å². The predicted molar refractivity (Wildman–Crippen MR) is 108 cm³/mol. The van der Waals surface area contributed by atoms with Gasteiger partial charge in [-0.1, -0.05) is 6.07 Å². The molecule has 2 N–H and O–H groups in total. The third kappa shape index (κ3) is 4.29. The van der Waals surface area contributed by atoms with E-state index in [9.17, 15) is 13.6 Å². The van der Waals surface area contributed by atoms with E-state index in [-0.39, 0.29) is 23.6 Å². The average Bonchev–Trinajstić information content (AvgIpc) is 3.21. The minimum Gasteiger partial charge on any atom is -0.355 e. The third-order valence-electron chi connectivity index (χ3n) is 5.31. The second kappa shape index (κ2) is 8.03. The van der Waals surface area contributed by atoms with E-state index in [0.29, 0.717) is 11.1 Å². The number of carbonyl (C=O) groups is 1. The highest BCUT2D eigenvalue weighted by Crippen LogP contribution is 2.24. The quantitative estimate of drug-likeness (QED) is 0.699. The van der Waals surface area contributed by atoms with E-state index in [1.165, 1.54) is 18.2 Å². The molecule has 0 saturated carbocycles. The van der Waals surface area contributed by atoms with Gasteiger partial charge in [-0.2, -0.15) is 5.10 Å². The van der Waals surface area contributed by atoms with Gasteiger partial charge in [0.1, 0.15) is 11.6 Å². The van der Waals surface area contributed by atoms with Crippen molar-refractivity contribution in [2.24, 2.45) is 0 Å². The molecule has 1 aliphatic heterocycles. The van der Waals surface area contributed by atoms with E-state index in [0.717, 1.165) is 43.0 Å². The highest BCUT2D eigenvalue weighted by molar-refractivity contribution is 5.94. The number of aromatic nitrogens is 2. The number of halogens is 2. The summed E-state index contributed by atoms with van der Waals surface area (Å²) < 4.78 is 26.8. The van der Waals surface area contributed by atoms with Crippen LogP contribution in [0.15, 0.2) is 48.5 Å². The number of nitrogens with one attached hydrogen (secondary N) is 2. The number of anilines is 1. The van der Waals surface area contributed by atoms with Crippen LogP contribution < -0.4 is 10.2 Å². The standard InChI is InChI=1S/C22H22F2N4O/c1-14-2-3-16(12-19(14)24)22(29)25-18-8-10-28(11-9-18)21-13-20(26-27-21)15-4-6-17(23)7-5-15/h2-7,12-13,18H,8-11H2,1H3,(H,25,29)(H,26,27). The molecule has 2 aromatic carbocycles. The van der Waals surface area contributed by atoms with Crippen LogP contribution in [0, 0.1) is 18.6 Å². The molecule has 1 fully saturated rings. The third-order valence-corrected chi connectivity index (χ3v) is 5.31. The van der Waals surface area contributed by atoms with Crippen molar-refractivity contribution >= 4 is 11.7 Å². The Morgan fingerprint density at radius 2 is 1.83 bits per heavy atom. The summed E-state index contributed by atoms with van der Waals surface area (Å²) in [5, 5.41) is 10.4. The number of hydrogen-bond acceptors (Lipinski definition) is 3. The van der Waals surface area contributed by atoms with E-state index in [1.807, 2.05) is 6.07 Å². The molecule has 0 atom stereocenters. The summed E-state index contributed by atoms with van der Waals surface area (Å²) in [6.45, 7) is 3.17. The number of aryl methyl sites for hydroxylation is 1. The molecule has 0 spiro atoms. The Labute approximate surface area is 167 Å². The highest BCUT2D eigenvalue weighted by atomic mass is 19.1. The van der Waals surface area contributed by atoms with Crippen molar-refractivity contribution < 1.29 is 13.6 Å². The lowest BCUT2D eigenvalue weighted by Crippen LogP contribution is -2.44. The molecule has 1 amide bonds. The number of nitrogens with zero attached hydrogens (tertiary/aromatic N) is 2. The zero-order chi connectivity index (χ0) is 20.4. The van der Waals surface area contributed by atoms with Gasteiger partial charge in [-0.25, -0.2) is 8.78 Å². The van der Waals surface area contributed by atoms with Gasteiger partial charge in [0.15, 0.2) is 5.82 Å². The lowest BCUT2D eigenvalue weighted by Gasteiger charge is -2.32. The Balaban J connectivity index is 1.34. The first kappa shape index (κ1) is 19.1. The lowest BCUT2D eigenvalue weighted by atomic mass is 10.0. The van der Waals surface area contributed by atoms with Crippen LogP contribution in [0.4, 0.5) is 14.6 Å². The first-order valence-corrected chi connectivity index (χ1v) is 9.63. The molecule has 29 heavy (non-hydrogen) atoms. The topological polar surface area (TPSA) is 61.0 Å². The van der Waals surface area contributed by atoms with Crippen LogP contribution in [0.3, 0.4) is 0 Å². The Morgan fingerprint density at radius 3 is 2.52 bits per heavy atom. The van der Waals surface area contributed by atoms with Gasteiger partial charge in [0.05, 0.1) is 5.69 Å². The van der Waals surface area contributed by atoms with Crippen molar-refractivity contribution in [3.05, 3.63) is 71.3 Å². The zero-order valence-electron chi connectivity index (χ0n) is 16.1. The molecule has 0 unspecified atom stereocenters. The van der Waals surface area contributed by atoms with Crippen molar-refractivity contribution in [2.45, 2.75) is 25.8 Å². The summed E-state index contributed by atoms with van der Waals surface area (Å²) in [5.74, 6) is -0.0654. The number of benzene rings is 2. The van der Waals surface area contributed by atoms with Crippen LogP contribution in [0.2, 0.25) is 0 Å². The summed E-state index contributed by atoms with van der Waals surface area (Å²) in [7, 11) is 0. The van der Waals surface area contributed by atoms with Crippen LogP contribution in [-0.2, 0) is 0 Å². The summed E-state index contributed by atoms with van der Waals surface area (Å²) in [5.41, 5.74) is 2.56. The van der Waals surface area contributed by atoms with Gasteiger partial charge in [-0.3, -0.25) is 9.89 Å². The van der Waals surface area contributed by atoms with Gasteiger partial charge in [0.2, 0.25) is 0 Å². The molecule has 1 saturated heterocycles. The maximum absolute atomic E-state index is 13.7. The maximum atomic E-state index is 13.7. The number of aromatic amines is 1. The van der Waals surface area contributed by atoms with Gasteiger partial charge in [0.25, 0.3) is 5.91 Å². The number of carbonyl (C=O) groups excluding carboxylic acids is 1. The Morgan fingerprint density at radius 1 is 1.10 bits per heavy atom. The van der Waals surface area contributed by atoms with Crippen molar-refractivity contribution in [1.82, 2.24) is 15.5 Å².